The molecule has 1 nitrogen and oxygen atoms in total. The minimum absolute atomic E-state index is 0.397. The molecular weight excluding hydrogens is 831 g/mol. The smallest absolute Gasteiger partial charge is 0.109 e. The Bertz CT molecular complexity index is 7240. The van der Waals surface area contributed by atoms with Crippen LogP contribution in [0.2, 0.25) is 0 Å². The summed E-state index contributed by atoms with van der Waals surface area (Å²) < 4.78 is 0. The minimum Gasteiger partial charge on any atom is -0.370 e. The molecule has 0 atom stereocenters. The lowest BCUT2D eigenvalue weighted by Gasteiger charge is -2.50. The summed E-state index contributed by atoms with van der Waals surface area (Å²) in [6, 6.07) is 5.34. The van der Waals surface area contributed by atoms with Gasteiger partial charge in [0.1, 0.15) is 5.54 Å². The quantitative estimate of drug-likeness (QED) is 0.150. The number of benzene rings is 19. The zero-order valence-corrected chi connectivity index (χ0v) is 35.7. The van der Waals surface area contributed by atoms with E-state index < -0.39 is 11.0 Å². The average molecular weight is 840 g/mol. The number of anilines is 1. The zero-order valence-electron chi connectivity index (χ0n) is 35.7. The van der Waals surface area contributed by atoms with Crippen molar-refractivity contribution < 1.29 is 0 Å². The minimum atomic E-state index is -0.457. The van der Waals surface area contributed by atoms with Crippen LogP contribution < -0.4 is 5.32 Å². The highest BCUT2D eigenvalue weighted by Crippen LogP contribution is 2.86. The van der Waals surface area contributed by atoms with Crippen LogP contribution in [-0.2, 0) is 11.0 Å². The van der Waals surface area contributed by atoms with Crippen LogP contribution in [0.25, 0.3) is 291 Å². The van der Waals surface area contributed by atoms with E-state index in [1.54, 1.807) is 319 Å². The van der Waals surface area contributed by atoms with Gasteiger partial charge in [0.05, 0.1) is 5.41 Å². The molecule has 69 heavy (non-hydrogen) atoms. The van der Waals surface area contributed by atoms with E-state index in [0.717, 1.165) is 0 Å². The van der Waals surface area contributed by atoms with E-state index in [0.29, 0.717) is 0 Å². The monoisotopic (exact) mass is 839 g/mol. The van der Waals surface area contributed by atoms with E-state index in [-0.39, 0.29) is 0 Å². The van der Waals surface area contributed by atoms with Gasteiger partial charge < -0.3 is 5.32 Å². The van der Waals surface area contributed by atoms with Gasteiger partial charge in [-0.2, -0.15) is 0 Å². The number of nitrogens with one attached hydrogen (secondary N) is 1. The molecule has 0 saturated heterocycles. The number of hydrogen-bond donors (Lipinski definition) is 1. The Morgan fingerprint density at radius 2 is 0.391 bits per heavy atom. The average Bonchev–Trinajstić information content (AvgIpc) is 4.23. The Hall–Kier alpha value is -8.52. The van der Waals surface area contributed by atoms with Gasteiger partial charge in [0, 0.05) is 16.8 Å². The fraction of sp³-hybridized carbons (Fsp3) is 0.0588. The summed E-state index contributed by atoms with van der Waals surface area (Å²) in [7, 11) is 0. The van der Waals surface area contributed by atoms with Gasteiger partial charge in [-0.3, -0.25) is 0 Å². The van der Waals surface area contributed by atoms with E-state index in [1.807, 2.05) is 0 Å². The predicted molar refractivity (Wildman–Crippen MR) is 293 cm³/mol. The first-order valence-electron chi connectivity index (χ1n) is 25.9. The van der Waals surface area contributed by atoms with Crippen LogP contribution in [0.5, 0.6) is 0 Å². The highest BCUT2D eigenvalue weighted by molar-refractivity contribution is 6.82. The number of aryl methyl sites for hydroxylation is 2. The molecule has 34 rings (SSSR count). The maximum Gasteiger partial charge on any atom is 0.109 e. The first kappa shape index (κ1) is 25.0. The molecule has 0 fully saturated rings. The summed E-state index contributed by atoms with van der Waals surface area (Å²) in [5.41, 5.74) is 11.8. The third-order valence-corrected chi connectivity index (χ3v) is 25.7. The number of fused-ring (bicyclic) bond motifs is 1. The van der Waals surface area contributed by atoms with Crippen molar-refractivity contribution >= 4 is 297 Å². The molecule has 29 aromatic rings. The third kappa shape index (κ3) is 1.28. The lowest BCUT2D eigenvalue weighted by Crippen LogP contribution is -2.53. The second-order valence-electron chi connectivity index (χ2n) is 25.9. The second kappa shape index (κ2) is 5.49. The van der Waals surface area contributed by atoms with E-state index in [9.17, 15) is 0 Å². The van der Waals surface area contributed by atoms with Crippen molar-refractivity contribution in [3.05, 3.63) is 51.1 Å². The van der Waals surface area contributed by atoms with Crippen LogP contribution in [0, 0.1) is 13.8 Å². The first-order chi connectivity index (χ1) is 34.2. The number of rotatable bonds is 0. The lowest BCUT2D eigenvalue weighted by molar-refractivity contribution is 0.454. The summed E-state index contributed by atoms with van der Waals surface area (Å²) in [5, 5.41) is 94.4. The van der Waals surface area contributed by atoms with Crippen molar-refractivity contribution in [1.29, 1.82) is 0 Å². The van der Waals surface area contributed by atoms with Gasteiger partial charge >= 0.3 is 0 Å². The first-order valence-corrected chi connectivity index (χ1v) is 25.9. The van der Waals surface area contributed by atoms with Crippen molar-refractivity contribution in [3.63, 3.8) is 0 Å². The SMILES string of the molecule is Cc1cc2c(cc1C)C13c4c5c6c7c8c9c(c%10c%11c1c1c4c4c%12c5c5c6c6c8c8c%13c9c9c%10c%10c%11c%11c1c1c4c4c%12c%12c5c5c6c8c6c8c%13c9c9c%10c%10c%11c1c1c4c4c%12c5c6c5c8c9c%10c1c45)C73N2. The summed E-state index contributed by atoms with van der Waals surface area (Å²) in [6.07, 6.45) is 0. The highest BCUT2D eigenvalue weighted by Gasteiger charge is 2.73. The van der Waals surface area contributed by atoms with Crippen LogP contribution in [0.15, 0.2) is 12.1 Å². The van der Waals surface area contributed by atoms with Gasteiger partial charge in [0.15, 0.2) is 0 Å². The summed E-state index contributed by atoms with van der Waals surface area (Å²) in [5.74, 6) is 0. The molecule has 0 amide bonds. The highest BCUT2D eigenvalue weighted by atomic mass is 15.1. The summed E-state index contributed by atoms with van der Waals surface area (Å²) in [4.78, 5) is 0. The molecule has 286 valence electrons. The van der Waals surface area contributed by atoms with Crippen molar-refractivity contribution in [1.82, 2.24) is 0 Å². The Balaban J connectivity index is 1.22. The standard InChI is InChI=1S/C68H9N/c1-5-3-7-8(4-6(5)2)69-68-65-59-53-43-31-23-15-11-9-10-13-17(15)25(31)35-29-21(13)22-14(10)18-16-12(9)20-19(11)27-33(23)41-47-37(27)38-28(20)34-24(16)32-26(18)36-30(22)40-39(29)51(45(35)53)61(65)62-52(40)46(36)54-44(32)50-42(34)48(38)56-55(47)63(57(59)49(41)43)67(7,68)64(56)58(50)60(54)66(62)68/h3-4,69H,1-2H3. The molecule has 2 spiro atoms. The van der Waals surface area contributed by atoms with E-state index in [2.05, 4.69) is 26.0 Å². The largest absolute Gasteiger partial charge is 0.370 e. The molecular formula is C68H9N. The molecule has 1 heterocycles. The molecule has 0 saturated carbocycles. The predicted octanol–water partition coefficient (Wildman–Crippen LogP) is 18.3. The maximum atomic E-state index is 4.87. The third-order valence-electron chi connectivity index (χ3n) is 25.7. The van der Waals surface area contributed by atoms with Crippen molar-refractivity contribution in [3.8, 4) is 0 Å². The molecule has 0 radical (unpaired) electrons. The summed E-state index contributed by atoms with van der Waals surface area (Å²) in [6.45, 7) is 4.80. The molecule has 5 aliphatic rings. The van der Waals surface area contributed by atoms with Gasteiger partial charge in [-0.25, -0.2) is 0 Å². The molecule has 0 aromatic heterocycles. The van der Waals surface area contributed by atoms with E-state index in [4.69, 9.17) is 5.32 Å². The van der Waals surface area contributed by atoms with E-state index >= 15 is 0 Å². The van der Waals surface area contributed by atoms with Gasteiger partial charge in [-0.05, 0) is 339 Å². The Kier molecular flexibility index (Phi) is 1.99. The van der Waals surface area contributed by atoms with Gasteiger partial charge in [-0.1, -0.05) is 6.07 Å². The van der Waals surface area contributed by atoms with E-state index in [1.165, 1.54) is 16.8 Å². The molecule has 0 unspecified atom stereocenters. The Morgan fingerprint density at radius 3 is 0.609 bits per heavy atom. The van der Waals surface area contributed by atoms with Crippen LogP contribution in [-0.4, -0.2) is 0 Å². The topological polar surface area (TPSA) is 12.0 Å². The van der Waals surface area contributed by atoms with Gasteiger partial charge in [0.2, 0.25) is 0 Å². The zero-order chi connectivity index (χ0) is 40.9. The second-order valence-corrected chi connectivity index (χ2v) is 25.9. The fourth-order valence-electron chi connectivity index (χ4n) is 25.4. The fourth-order valence-corrected chi connectivity index (χ4v) is 25.4. The van der Waals surface area contributed by atoms with Crippen molar-refractivity contribution in [2.24, 2.45) is 0 Å². The number of hydrogen-bond acceptors (Lipinski definition) is 1. The van der Waals surface area contributed by atoms with Crippen molar-refractivity contribution in [2.45, 2.75) is 24.8 Å². The van der Waals surface area contributed by atoms with Crippen LogP contribution in [0.1, 0.15) is 38.9 Å². The molecule has 1 N–H and O–H groups in total. The van der Waals surface area contributed by atoms with Crippen LogP contribution >= 0.6 is 0 Å². The Morgan fingerprint density at radius 1 is 0.217 bits per heavy atom. The van der Waals surface area contributed by atoms with Crippen LogP contribution in [0.3, 0.4) is 0 Å². The maximum absolute atomic E-state index is 4.87. The Labute approximate surface area is 375 Å². The lowest BCUT2D eigenvalue weighted by atomic mass is 9.52. The van der Waals surface area contributed by atoms with Crippen LogP contribution in [0.4, 0.5) is 5.69 Å². The molecule has 0 bridgehead atoms. The van der Waals surface area contributed by atoms with Gasteiger partial charge in [-0.15, -0.1) is 0 Å². The molecule has 1 aliphatic heterocycles. The molecule has 4 aliphatic carbocycles. The molecule has 1 heteroatoms. The summed E-state index contributed by atoms with van der Waals surface area (Å²) >= 11 is 0. The normalized spacial score (nSPS) is 22.3. The van der Waals surface area contributed by atoms with Gasteiger partial charge in [0.25, 0.3) is 0 Å². The van der Waals surface area contributed by atoms with Crippen molar-refractivity contribution in [2.75, 3.05) is 5.32 Å². The molecule has 29 aromatic carbocycles.